The number of benzene rings is 5. The van der Waals surface area contributed by atoms with Crippen molar-refractivity contribution in [2.45, 2.75) is 0 Å². The molecule has 0 fully saturated rings. The summed E-state index contributed by atoms with van der Waals surface area (Å²) in [5.41, 5.74) is 14.2. The summed E-state index contributed by atoms with van der Waals surface area (Å²) >= 11 is 0. The summed E-state index contributed by atoms with van der Waals surface area (Å²) in [6.45, 7) is 0. The summed E-state index contributed by atoms with van der Waals surface area (Å²) in [6, 6.07) is 65.9. The van der Waals surface area contributed by atoms with Crippen LogP contribution in [0.1, 0.15) is 0 Å². The van der Waals surface area contributed by atoms with Gasteiger partial charge in [-0.15, -0.1) is 0 Å². The Kier molecular flexibility index (Phi) is 8.86. The van der Waals surface area contributed by atoms with Crippen molar-refractivity contribution in [3.8, 4) is 90.2 Å². The van der Waals surface area contributed by atoms with Crippen LogP contribution in [-0.4, -0.2) is 24.9 Å². The highest BCUT2D eigenvalue weighted by Gasteiger charge is 2.14. The molecule has 0 aliphatic carbocycles. The number of pyridine rings is 3. The lowest BCUT2D eigenvalue weighted by atomic mass is 10.0. The van der Waals surface area contributed by atoms with Crippen LogP contribution in [0.25, 0.3) is 90.2 Å². The molecule has 254 valence electrons. The van der Waals surface area contributed by atoms with Gasteiger partial charge in [0.25, 0.3) is 0 Å². The maximum atomic E-state index is 5.10. The van der Waals surface area contributed by atoms with E-state index in [4.69, 9.17) is 24.9 Å². The second-order valence-electron chi connectivity index (χ2n) is 13.0. The zero-order chi connectivity index (χ0) is 36.1. The number of hydrogen-bond donors (Lipinski definition) is 0. The Bertz CT molecular complexity index is 2610. The Morgan fingerprint density at radius 1 is 0.222 bits per heavy atom. The first-order chi connectivity index (χ1) is 26.7. The van der Waals surface area contributed by atoms with Gasteiger partial charge in [0.2, 0.25) is 0 Å². The zero-order valence-electron chi connectivity index (χ0n) is 29.3. The highest BCUT2D eigenvalue weighted by atomic mass is 14.9. The van der Waals surface area contributed by atoms with E-state index in [1.807, 2.05) is 91.1 Å². The van der Waals surface area contributed by atoms with Crippen molar-refractivity contribution in [2.24, 2.45) is 0 Å². The number of rotatable bonds is 8. The molecular weight excluding hydrogens is 659 g/mol. The number of hydrogen-bond acceptors (Lipinski definition) is 5. The third kappa shape index (κ3) is 6.94. The molecule has 0 atom stereocenters. The topological polar surface area (TPSA) is 64.5 Å². The molecule has 5 nitrogen and oxygen atoms in total. The van der Waals surface area contributed by atoms with Gasteiger partial charge in [0.05, 0.1) is 39.9 Å². The van der Waals surface area contributed by atoms with E-state index in [9.17, 15) is 0 Å². The number of aromatic nitrogens is 5. The van der Waals surface area contributed by atoms with Crippen LogP contribution < -0.4 is 0 Å². The van der Waals surface area contributed by atoms with Gasteiger partial charge in [-0.05, 0) is 53.1 Å². The lowest BCUT2D eigenvalue weighted by Gasteiger charge is -2.11. The van der Waals surface area contributed by atoms with E-state index in [2.05, 4.69) is 109 Å². The van der Waals surface area contributed by atoms with Crippen LogP contribution in [0.5, 0.6) is 0 Å². The average molecular weight is 692 g/mol. The summed E-state index contributed by atoms with van der Waals surface area (Å²) in [7, 11) is 0. The van der Waals surface area contributed by atoms with Crippen molar-refractivity contribution in [1.29, 1.82) is 0 Å². The minimum atomic E-state index is 0.680. The second kappa shape index (κ2) is 14.7. The second-order valence-corrected chi connectivity index (χ2v) is 13.0. The quantitative estimate of drug-likeness (QED) is 0.159. The predicted molar refractivity (Wildman–Crippen MR) is 219 cm³/mol. The van der Waals surface area contributed by atoms with Gasteiger partial charge >= 0.3 is 0 Å². The van der Waals surface area contributed by atoms with Gasteiger partial charge in [-0.25, -0.2) is 19.9 Å². The fourth-order valence-corrected chi connectivity index (χ4v) is 6.56. The summed E-state index contributed by atoms with van der Waals surface area (Å²) < 4.78 is 0. The summed E-state index contributed by atoms with van der Waals surface area (Å²) in [5.74, 6) is 0.680. The van der Waals surface area contributed by atoms with Crippen molar-refractivity contribution in [3.63, 3.8) is 0 Å². The molecule has 0 saturated heterocycles. The maximum Gasteiger partial charge on any atom is 0.160 e. The first-order valence-electron chi connectivity index (χ1n) is 17.9. The lowest BCUT2D eigenvalue weighted by Crippen LogP contribution is -1.96. The Balaban J connectivity index is 1.04. The molecule has 5 aromatic carbocycles. The Labute approximate surface area is 314 Å². The Hall–Kier alpha value is -7.37. The van der Waals surface area contributed by atoms with Gasteiger partial charge in [0.15, 0.2) is 5.82 Å². The van der Waals surface area contributed by atoms with Crippen LogP contribution >= 0.6 is 0 Å². The molecule has 0 N–H and O–H groups in total. The highest BCUT2D eigenvalue weighted by Crippen LogP contribution is 2.32. The molecule has 0 unspecified atom stereocenters. The molecule has 0 amide bonds. The molecular formula is C49H33N5. The summed E-state index contributed by atoms with van der Waals surface area (Å²) in [5, 5.41) is 0. The molecule has 0 radical (unpaired) electrons. The zero-order valence-corrected chi connectivity index (χ0v) is 29.3. The summed E-state index contributed by atoms with van der Waals surface area (Å²) in [4.78, 5) is 25.0. The molecule has 5 heteroatoms. The van der Waals surface area contributed by atoms with E-state index in [1.165, 1.54) is 0 Å². The van der Waals surface area contributed by atoms with Crippen LogP contribution in [0.3, 0.4) is 0 Å². The van der Waals surface area contributed by atoms with Gasteiger partial charge < -0.3 is 0 Å². The molecule has 54 heavy (non-hydrogen) atoms. The molecule has 9 aromatic rings. The first-order valence-corrected chi connectivity index (χ1v) is 17.9. The molecule has 0 aliphatic rings. The van der Waals surface area contributed by atoms with Gasteiger partial charge in [-0.3, -0.25) is 4.98 Å². The maximum absolute atomic E-state index is 5.10. The average Bonchev–Trinajstić information content (AvgIpc) is 3.27. The van der Waals surface area contributed by atoms with E-state index < -0.39 is 0 Å². The van der Waals surface area contributed by atoms with Gasteiger partial charge in [0, 0.05) is 34.0 Å². The molecule has 0 saturated carbocycles. The largest absolute Gasteiger partial charge is 0.254 e. The van der Waals surface area contributed by atoms with Crippen molar-refractivity contribution >= 4 is 0 Å². The molecule has 4 aromatic heterocycles. The van der Waals surface area contributed by atoms with Gasteiger partial charge in [0.1, 0.15) is 0 Å². The van der Waals surface area contributed by atoms with Crippen molar-refractivity contribution in [1.82, 2.24) is 24.9 Å². The normalized spacial score (nSPS) is 11.0. The van der Waals surface area contributed by atoms with Gasteiger partial charge in [-0.1, -0.05) is 158 Å². The first kappa shape index (κ1) is 32.5. The van der Waals surface area contributed by atoms with Crippen molar-refractivity contribution < 1.29 is 0 Å². The molecule has 0 spiro atoms. The van der Waals surface area contributed by atoms with E-state index >= 15 is 0 Å². The van der Waals surface area contributed by atoms with E-state index in [1.54, 1.807) is 0 Å². The minimum Gasteiger partial charge on any atom is -0.254 e. The standard InChI is InChI=1S/C49H33N5/c1-5-14-34(15-6-1)41-30-47(52-48(31-41)44-23-13-22-42(51-44)36-16-7-2-8-17-36)43-29-28-40(33-50-43)35-24-26-39(27-25-35)49-53-45(37-18-9-3-10-19-37)32-46(54-49)38-20-11-4-12-21-38/h1-33H. The van der Waals surface area contributed by atoms with Crippen LogP contribution in [0, 0.1) is 0 Å². The third-order valence-corrected chi connectivity index (χ3v) is 9.38. The fourth-order valence-electron chi connectivity index (χ4n) is 6.56. The molecule has 4 heterocycles. The van der Waals surface area contributed by atoms with E-state index in [-0.39, 0.29) is 0 Å². The molecule has 0 bridgehead atoms. The van der Waals surface area contributed by atoms with E-state index in [0.29, 0.717) is 5.82 Å². The highest BCUT2D eigenvalue weighted by molar-refractivity contribution is 5.77. The van der Waals surface area contributed by atoms with Gasteiger partial charge in [-0.2, -0.15) is 0 Å². The SMILES string of the molecule is c1ccc(-c2cc(-c3ccc(-c4ccc(-c5nc(-c6ccccc6)cc(-c6ccccc6)n5)cc4)cn3)nc(-c3cccc(-c4ccccc4)n3)c2)cc1. The monoisotopic (exact) mass is 691 g/mol. The van der Waals surface area contributed by atoms with Crippen LogP contribution in [0.15, 0.2) is 200 Å². The molecule has 9 rings (SSSR count). The minimum absolute atomic E-state index is 0.680. The van der Waals surface area contributed by atoms with Crippen LogP contribution in [0.4, 0.5) is 0 Å². The fraction of sp³-hybridized carbons (Fsp3) is 0. The Morgan fingerprint density at radius 2 is 0.667 bits per heavy atom. The lowest BCUT2D eigenvalue weighted by molar-refractivity contribution is 1.18. The van der Waals surface area contributed by atoms with Crippen LogP contribution in [-0.2, 0) is 0 Å². The van der Waals surface area contributed by atoms with Crippen molar-refractivity contribution in [2.75, 3.05) is 0 Å². The molecule has 0 aliphatic heterocycles. The summed E-state index contributed by atoms with van der Waals surface area (Å²) in [6.07, 6.45) is 1.91. The number of nitrogens with zero attached hydrogens (tertiary/aromatic N) is 5. The van der Waals surface area contributed by atoms with E-state index in [0.717, 1.165) is 84.4 Å². The Morgan fingerprint density at radius 3 is 1.22 bits per heavy atom. The third-order valence-electron chi connectivity index (χ3n) is 9.38. The smallest absolute Gasteiger partial charge is 0.160 e. The van der Waals surface area contributed by atoms with Crippen LogP contribution in [0.2, 0.25) is 0 Å². The predicted octanol–water partition coefficient (Wildman–Crippen LogP) is 12.0. The van der Waals surface area contributed by atoms with Crippen molar-refractivity contribution in [3.05, 3.63) is 200 Å².